The molecule has 9 heteroatoms. The molecule has 2 aromatic heterocycles. The Hall–Kier alpha value is -3.88. The Bertz CT molecular complexity index is 1250. The second-order valence-corrected chi connectivity index (χ2v) is 8.65. The van der Waals surface area contributed by atoms with Gasteiger partial charge in [-0.15, -0.1) is 5.10 Å². The normalized spacial score (nSPS) is 19.4. The van der Waals surface area contributed by atoms with Gasteiger partial charge >= 0.3 is 0 Å². The molecular weight excluding hydrogens is 396 g/mol. The molecular formula is C22H20N6O3. The maximum absolute atomic E-state index is 13.2. The van der Waals surface area contributed by atoms with Gasteiger partial charge in [0.05, 0.1) is 4.92 Å². The van der Waals surface area contributed by atoms with E-state index in [9.17, 15) is 14.9 Å². The zero-order valence-corrected chi connectivity index (χ0v) is 17.1. The zero-order chi connectivity index (χ0) is 21.8. The number of carbonyl (C=O) groups excluding carboxylic acids is 1. The highest BCUT2D eigenvalue weighted by atomic mass is 16.6. The minimum absolute atomic E-state index is 0.0294. The van der Waals surface area contributed by atoms with Crippen molar-refractivity contribution in [2.24, 2.45) is 5.41 Å². The fourth-order valence-corrected chi connectivity index (χ4v) is 4.34. The summed E-state index contributed by atoms with van der Waals surface area (Å²) in [5.74, 6) is 0.947. The van der Waals surface area contributed by atoms with Crippen molar-refractivity contribution in [1.29, 1.82) is 0 Å². The number of benzene rings is 1. The van der Waals surface area contributed by atoms with Crippen molar-refractivity contribution in [3.8, 4) is 11.4 Å². The Kier molecular flexibility index (Phi) is 4.21. The van der Waals surface area contributed by atoms with Crippen molar-refractivity contribution < 1.29 is 9.72 Å². The van der Waals surface area contributed by atoms with Gasteiger partial charge in [0.2, 0.25) is 5.95 Å². The molecule has 0 saturated carbocycles. The number of Topliss-reactive ketones (excluding diaryl/α,β-unsaturated/α-hetero) is 1. The summed E-state index contributed by atoms with van der Waals surface area (Å²) in [4.78, 5) is 32.6. The standard InChI is InChI=1S/C22H20N6O3/c1-22(2)11-16-18(17(29)12-22)19(13-6-8-23-9-7-13)27-21(24-16)25-20(26-27)14-4-3-5-15(10-14)28(30)31/h3-10,19H,11-12H2,1-2H3,(H,24,25,26). The van der Waals surface area contributed by atoms with Crippen LogP contribution in [0.4, 0.5) is 11.6 Å². The molecule has 0 radical (unpaired) electrons. The molecule has 1 N–H and O–H groups in total. The number of nitrogens with zero attached hydrogens (tertiary/aromatic N) is 5. The van der Waals surface area contributed by atoms with Crippen LogP contribution in [0, 0.1) is 15.5 Å². The predicted octanol–water partition coefficient (Wildman–Crippen LogP) is 3.91. The van der Waals surface area contributed by atoms with Crippen LogP contribution in [-0.2, 0) is 4.79 Å². The highest BCUT2D eigenvalue weighted by Crippen LogP contribution is 2.45. The van der Waals surface area contributed by atoms with Crippen LogP contribution in [-0.4, -0.2) is 30.5 Å². The van der Waals surface area contributed by atoms with Gasteiger partial charge in [0, 0.05) is 47.8 Å². The van der Waals surface area contributed by atoms with Gasteiger partial charge in [-0.2, -0.15) is 4.98 Å². The highest BCUT2D eigenvalue weighted by molar-refractivity contribution is 6.00. The van der Waals surface area contributed by atoms with Crippen LogP contribution in [0.3, 0.4) is 0 Å². The minimum Gasteiger partial charge on any atom is -0.328 e. The Morgan fingerprint density at radius 2 is 1.97 bits per heavy atom. The van der Waals surface area contributed by atoms with E-state index in [-0.39, 0.29) is 16.9 Å². The van der Waals surface area contributed by atoms with Crippen LogP contribution >= 0.6 is 0 Å². The summed E-state index contributed by atoms with van der Waals surface area (Å²) in [6.45, 7) is 4.15. The number of non-ortho nitro benzene ring substituents is 1. The summed E-state index contributed by atoms with van der Waals surface area (Å²) < 4.78 is 1.69. The molecule has 1 atom stereocenters. The van der Waals surface area contributed by atoms with Crippen molar-refractivity contribution in [2.75, 3.05) is 5.32 Å². The lowest BCUT2D eigenvalue weighted by atomic mass is 9.73. The van der Waals surface area contributed by atoms with Crippen LogP contribution in [0.1, 0.15) is 38.3 Å². The molecule has 1 aromatic carbocycles. The monoisotopic (exact) mass is 416 g/mol. The third-order valence-corrected chi connectivity index (χ3v) is 5.67. The molecule has 1 aliphatic carbocycles. The maximum atomic E-state index is 13.2. The minimum atomic E-state index is -0.446. The van der Waals surface area contributed by atoms with E-state index in [2.05, 4.69) is 34.2 Å². The van der Waals surface area contributed by atoms with Gasteiger partial charge in [-0.3, -0.25) is 19.9 Å². The van der Waals surface area contributed by atoms with Gasteiger partial charge in [-0.1, -0.05) is 26.0 Å². The number of allylic oxidation sites excluding steroid dienone is 2. The van der Waals surface area contributed by atoms with Crippen LogP contribution in [0.15, 0.2) is 60.1 Å². The molecule has 1 aliphatic heterocycles. The van der Waals surface area contributed by atoms with Gasteiger partial charge in [0.1, 0.15) is 6.04 Å². The largest absolute Gasteiger partial charge is 0.328 e. The summed E-state index contributed by atoms with van der Waals surface area (Å²) in [6, 6.07) is 9.52. The summed E-state index contributed by atoms with van der Waals surface area (Å²) in [7, 11) is 0. The number of hydrogen-bond donors (Lipinski definition) is 1. The first kappa shape index (κ1) is 19.1. The SMILES string of the molecule is CC1(C)CC(=O)C2=C(C1)Nc1nc(-c3cccc([N+](=O)[O-])c3)nn1C2c1ccncc1. The summed E-state index contributed by atoms with van der Waals surface area (Å²) in [6.07, 6.45) is 4.55. The second-order valence-electron chi connectivity index (χ2n) is 8.65. The molecule has 2 aliphatic rings. The lowest BCUT2D eigenvalue weighted by Gasteiger charge is -2.38. The van der Waals surface area contributed by atoms with Crippen LogP contribution in [0.2, 0.25) is 0 Å². The van der Waals surface area contributed by atoms with Crippen molar-refractivity contribution >= 4 is 17.4 Å². The number of pyridine rings is 1. The predicted molar refractivity (Wildman–Crippen MR) is 113 cm³/mol. The van der Waals surface area contributed by atoms with E-state index in [0.717, 1.165) is 11.3 Å². The number of nitro groups is 1. The Balaban J connectivity index is 1.66. The second kappa shape index (κ2) is 6.83. The average Bonchev–Trinajstić information content (AvgIpc) is 3.16. The van der Waals surface area contributed by atoms with E-state index in [1.165, 1.54) is 12.1 Å². The molecule has 31 heavy (non-hydrogen) atoms. The molecule has 9 nitrogen and oxygen atoms in total. The highest BCUT2D eigenvalue weighted by Gasteiger charge is 2.41. The molecule has 0 spiro atoms. The van der Waals surface area contributed by atoms with Crippen LogP contribution < -0.4 is 5.32 Å². The van der Waals surface area contributed by atoms with E-state index in [4.69, 9.17) is 0 Å². The third-order valence-electron chi connectivity index (χ3n) is 5.67. The van der Waals surface area contributed by atoms with E-state index in [0.29, 0.717) is 35.8 Å². The smallest absolute Gasteiger partial charge is 0.270 e. The van der Waals surface area contributed by atoms with Crippen molar-refractivity contribution in [1.82, 2.24) is 19.7 Å². The number of rotatable bonds is 3. The fourth-order valence-electron chi connectivity index (χ4n) is 4.34. The maximum Gasteiger partial charge on any atom is 0.270 e. The molecule has 156 valence electrons. The molecule has 0 saturated heterocycles. The lowest BCUT2D eigenvalue weighted by Crippen LogP contribution is -2.36. The zero-order valence-electron chi connectivity index (χ0n) is 17.1. The van der Waals surface area contributed by atoms with Gasteiger partial charge < -0.3 is 5.32 Å². The summed E-state index contributed by atoms with van der Waals surface area (Å²) in [5, 5.41) is 19.1. The molecule has 0 fully saturated rings. The van der Waals surface area contributed by atoms with Crippen LogP contribution in [0.5, 0.6) is 0 Å². The summed E-state index contributed by atoms with van der Waals surface area (Å²) in [5.41, 5.74) is 2.78. The average molecular weight is 416 g/mol. The number of aromatic nitrogens is 4. The van der Waals surface area contributed by atoms with Crippen LogP contribution in [0.25, 0.3) is 11.4 Å². The first-order valence-electron chi connectivity index (χ1n) is 9.97. The number of nitrogens with one attached hydrogen (secondary N) is 1. The molecule has 1 unspecified atom stereocenters. The lowest BCUT2D eigenvalue weighted by molar-refractivity contribution is -0.384. The first-order chi connectivity index (χ1) is 14.8. The van der Waals surface area contributed by atoms with E-state index >= 15 is 0 Å². The Labute approximate surface area is 178 Å². The van der Waals surface area contributed by atoms with Gasteiger partial charge in [-0.25, -0.2) is 4.68 Å². The summed E-state index contributed by atoms with van der Waals surface area (Å²) >= 11 is 0. The number of nitro benzene ring substituents is 1. The topological polar surface area (TPSA) is 116 Å². The van der Waals surface area contributed by atoms with Crippen molar-refractivity contribution in [3.05, 3.63) is 75.7 Å². The number of fused-ring (bicyclic) bond motifs is 1. The quantitative estimate of drug-likeness (QED) is 0.508. The third kappa shape index (κ3) is 3.27. The number of ketones is 1. The van der Waals surface area contributed by atoms with Gasteiger partial charge in [0.15, 0.2) is 11.6 Å². The van der Waals surface area contributed by atoms with E-state index in [1.54, 1.807) is 29.2 Å². The fraction of sp³-hybridized carbons (Fsp3) is 0.273. The molecule has 5 rings (SSSR count). The number of carbonyl (C=O) groups is 1. The van der Waals surface area contributed by atoms with Gasteiger partial charge in [0.25, 0.3) is 5.69 Å². The molecule has 3 heterocycles. The Morgan fingerprint density at radius 1 is 1.19 bits per heavy atom. The Morgan fingerprint density at radius 3 is 2.71 bits per heavy atom. The molecule has 0 bridgehead atoms. The van der Waals surface area contributed by atoms with E-state index in [1.807, 2.05) is 12.1 Å². The number of hydrogen-bond acceptors (Lipinski definition) is 7. The molecule has 0 amide bonds. The van der Waals surface area contributed by atoms with Gasteiger partial charge in [-0.05, 0) is 29.5 Å². The van der Waals surface area contributed by atoms with Crippen molar-refractivity contribution in [2.45, 2.75) is 32.7 Å². The molecule has 3 aromatic rings. The number of anilines is 1. The van der Waals surface area contributed by atoms with Crippen molar-refractivity contribution in [3.63, 3.8) is 0 Å². The first-order valence-corrected chi connectivity index (χ1v) is 9.97. The van der Waals surface area contributed by atoms with E-state index < -0.39 is 11.0 Å².